The van der Waals surface area contributed by atoms with Crippen LogP contribution in [0.1, 0.15) is 24.8 Å². The monoisotopic (exact) mass is 272 g/mol. The Bertz CT molecular complexity index is 483. The van der Waals surface area contributed by atoms with Crippen LogP contribution in [-0.4, -0.2) is 18.4 Å². The normalized spacial score (nSPS) is 16.9. The molecule has 2 N–H and O–H groups in total. The van der Waals surface area contributed by atoms with Crippen LogP contribution in [0.25, 0.3) is 0 Å². The number of rotatable bonds is 6. The van der Waals surface area contributed by atoms with Crippen molar-refractivity contribution in [2.24, 2.45) is 5.92 Å². The first-order valence-electron chi connectivity index (χ1n) is 6.98. The highest BCUT2D eigenvalue weighted by Crippen LogP contribution is 2.19. The molecular formula is C16H20N2O2. The van der Waals surface area contributed by atoms with E-state index in [0.717, 1.165) is 18.4 Å². The Morgan fingerprint density at radius 1 is 1.10 bits per heavy atom. The first-order valence-corrected chi connectivity index (χ1v) is 6.98. The van der Waals surface area contributed by atoms with E-state index in [2.05, 4.69) is 22.8 Å². The van der Waals surface area contributed by atoms with E-state index < -0.39 is 0 Å². The molecule has 4 nitrogen and oxygen atoms in total. The zero-order chi connectivity index (χ0) is 14.2. The lowest BCUT2D eigenvalue weighted by atomic mass is 10.1. The van der Waals surface area contributed by atoms with Gasteiger partial charge in [-0.1, -0.05) is 42.5 Å². The number of allylic oxidation sites excluding steroid dienone is 2. The third kappa shape index (κ3) is 4.88. The Morgan fingerprint density at radius 2 is 1.90 bits per heavy atom. The van der Waals surface area contributed by atoms with Gasteiger partial charge in [-0.05, 0) is 24.3 Å². The minimum Gasteiger partial charge on any atom is -0.350 e. The van der Waals surface area contributed by atoms with Gasteiger partial charge in [-0.2, -0.15) is 0 Å². The van der Waals surface area contributed by atoms with Crippen molar-refractivity contribution < 1.29 is 9.59 Å². The molecule has 0 aliphatic heterocycles. The van der Waals surface area contributed by atoms with Gasteiger partial charge in [0, 0.05) is 13.0 Å². The molecule has 1 aromatic rings. The summed E-state index contributed by atoms with van der Waals surface area (Å²) in [6.07, 6.45) is 6.74. The van der Waals surface area contributed by atoms with Gasteiger partial charge in [-0.25, -0.2) is 0 Å². The number of nitrogens with one attached hydrogen (secondary N) is 2. The van der Waals surface area contributed by atoms with Crippen molar-refractivity contribution in [1.29, 1.82) is 0 Å². The van der Waals surface area contributed by atoms with Crippen LogP contribution in [0, 0.1) is 5.92 Å². The molecule has 2 rings (SSSR count). The van der Waals surface area contributed by atoms with Crippen LogP contribution < -0.4 is 10.6 Å². The van der Waals surface area contributed by atoms with E-state index >= 15 is 0 Å². The summed E-state index contributed by atoms with van der Waals surface area (Å²) in [6, 6.07) is 9.69. The highest BCUT2D eigenvalue weighted by molar-refractivity contribution is 5.84. The fourth-order valence-electron chi connectivity index (χ4n) is 2.21. The maximum Gasteiger partial charge on any atom is 0.239 e. The smallest absolute Gasteiger partial charge is 0.239 e. The van der Waals surface area contributed by atoms with Crippen molar-refractivity contribution in [3.05, 3.63) is 48.0 Å². The maximum atomic E-state index is 11.7. The molecule has 2 amide bonds. The highest BCUT2D eigenvalue weighted by atomic mass is 16.2. The molecule has 0 spiro atoms. The molecule has 0 aromatic heterocycles. The summed E-state index contributed by atoms with van der Waals surface area (Å²) in [5.41, 5.74) is 1.04. The second kappa shape index (κ2) is 7.48. The number of hydrogen-bond acceptors (Lipinski definition) is 2. The van der Waals surface area contributed by atoms with Gasteiger partial charge in [0.25, 0.3) is 0 Å². The molecular weight excluding hydrogens is 252 g/mol. The molecule has 0 saturated carbocycles. The van der Waals surface area contributed by atoms with Gasteiger partial charge in [0.2, 0.25) is 11.8 Å². The van der Waals surface area contributed by atoms with Gasteiger partial charge in [0.1, 0.15) is 0 Å². The summed E-state index contributed by atoms with van der Waals surface area (Å²) >= 11 is 0. The quantitative estimate of drug-likeness (QED) is 0.775. The van der Waals surface area contributed by atoms with Gasteiger partial charge in [-0.15, -0.1) is 0 Å². The van der Waals surface area contributed by atoms with Crippen molar-refractivity contribution in [3.63, 3.8) is 0 Å². The summed E-state index contributed by atoms with van der Waals surface area (Å²) < 4.78 is 0. The predicted molar refractivity (Wildman–Crippen MR) is 77.8 cm³/mol. The van der Waals surface area contributed by atoms with Crippen LogP contribution in [-0.2, 0) is 16.1 Å². The van der Waals surface area contributed by atoms with E-state index in [9.17, 15) is 9.59 Å². The first kappa shape index (κ1) is 14.3. The number of carbonyl (C=O) groups excluding carboxylic acids is 2. The molecule has 4 heteroatoms. The minimum atomic E-state index is -0.163. The van der Waals surface area contributed by atoms with Crippen LogP contribution in [0.5, 0.6) is 0 Å². The zero-order valence-electron chi connectivity index (χ0n) is 11.5. The summed E-state index contributed by atoms with van der Waals surface area (Å²) in [7, 11) is 0. The van der Waals surface area contributed by atoms with Crippen molar-refractivity contribution in [2.75, 3.05) is 6.54 Å². The standard InChI is InChI=1S/C16H20N2O2/c19-15(10-13-6-4-5-7-13)18-12-16(20)17-11-14-8-2-1-3-9-14/h1-4,6,8-9,13H,5,7,10-12H2,(H,17,20)(H,18,19)/t13-/m1/s1. The molecule has 1 atom stereocenters. The number of hydrogen-bond donors (Lipinski definition) is 2. The lowest BCUT2D eigenvalue weighted by Gasteiger charge is -2.09. The summed E-state index contributed by atoms with van der Waals surface area (Å²) in [6.45, 7) is 0.531. The van der Waals surface area contributed by atoms with E-state index in [-0.39, 0.29) is 18.4 Å². The van der Waals surface area contributed by atoms with E-state index in [0.29, 0.717) is 18.9 Å². The van der Waals surface area contributed by atoms with Gasteiger partial charge in [-0.3, -0.25) is 9.59 Å². The minimum absolute atomic E-state index is 0.0438. The summed E-state index contributed by atoms with van der Waals surface area (Å²) in [5.74, 6) is 0.114. The van der Waals surface area contributed by atoms with Gasteiger partial charge >= 0.3 is 0 Å². The number of amides is 2. The van der Waals surface area contributed by atoms with Gasteiger partial charge in [0.05, 0.1) is 6.54 Å². The molecule has 0 heterocycles. The second-order valence-electron chi connectivity index (χ2n) is 5.01. The SMILES string of the molecule is O=C(CNC(=O)C[C@@H]1C=CCC1)NCc1ccccc1. The average molecular weight is 272 g/mol. The molecule has 106 valence electrons. The van der Waals surface area contributed by atoms with E-state index in [1.54, 1.807) is 0 Å². The molecule has 0 unspecified atom stereocenters. The fraction of sp³-hybridized carbons (Fsp3) is 0.375. The van der Waals surface area contributed by atoms with Crippen LogP contribution in [0.4, 0.5) is 0 Å². The Kier molecular flexibility index (Phi) is 5.35. The Morgan fingerprint density at radius 3 is 2.60 bits per heavy atom. The molecule has 0 saturated heterocycles. The predicted octanol–water partition coefficient (Wildman–Crippen LogP) is 1.78. The van der Waals surface area contributed by atoms with Crippen LogP contribution in [0.2, 0.25) is 0 Å². The molecule has 0 fully saturated rings. The third-order valence-corrected chi connectivity index (χ3v) is 3.34. The van der Waals surface area contributed by atoms with E-state index in [1.165, 1.54) is 0 Å². The molecule has 20 heavy (non-hydrogen) atoms. The van der Waals surface area contributed by atoms with Gasteiger partial charge in [0.15, 0.2) is 0 Å². The fourth-order valence-corrected chi connectivity index (χ4v) is 2.21. The molecule has 1 aliphatic rings. The van der Waals surface area contributed by atoms with Crippen LogP contribution in [0.15, 0.2) is 42.5 Å². The van der Waals surface area contributed by atoms with E-state index in [4.69, 9.17) is 0 Å². The maximum absolute atomic E-state index is 11.7. The Labute approximate surface area is 119 Å². The van der Waals surface area contributed by atoms with E-state index in [1.807, 2.05) is 30.3 Å². The van der Waals surface area contributed by atoms with Crippen LogP contribution >= 0.6 is 0 Å². The van der Waals surface area contributed by atoms with Crippen molar-refractivity contribution >= 4 is 11.8 Å². The summed E-state index contributed by atoms with van der Waals surface area (Å²) in [5, 5.41) is 5.44. The van der Waals surface area contributed by atoms with Crippen molar-refractivity contribution in [2.45, 2.75) is 25.8 Å². The number of carbonyl (C=O) groups is 2. The zero-order valence-corrected chi connectivity index (χ0v) is 11.5. The molecule has 1 aromatic carbocycles. The average Bonchev–Trinajstić information content (AvgIpc) is 2.97. The highest BCUT2D eigenvalue weighted by Gasteiger charge is 2.14. The van der Waals surface area contributed by atoms with Crippen molar-refractivity contribution in [1.82, 2.24) is 10.6 Å². The molecule has 0 bridgehead atoms. The Balaban J connectivity index is 1.62. The lowest BCUT2D eigenvalue weighted by molar-refractivity contribution is -0.126. The largest absolute Gasteiger partial charge is 0.350 e. The second-order valence-corrected chi connectivity index (χ2v) is 5.01. The first-order chi connectivity index (χ1) is 9.74. The number of benzene rings is 1. The van der Waals surface area contributed by atoms with Gasteiger partial charge < -0.3 is 10.6 Å². The molecule has 0 radical (unpaired) electrons. The van der Waals surface area contributed by atoms with Crippen molar-refractivity contribution in [3.8, 4) is 0 Å². The lowest BCUT2D eigenvalue weighted by Crippen LogP contribution is -2.37. The summed E-state index contributed by atoms with van der Waals surface area (Å²) in [4.78, 5) is 23.3. The Hall–Kier alpha value is -2.10. The third-order valence-electron chi connectivity index (χ3n) is 3.34. The molecule has 1 aliphatic carbocycles. The van der Waals surface area contributed by atoms with Crippen LogP contribution in [0.3, 0.4) is 0 Å². The topological polar surface area (TPSA) is 58.2 Å².